The molecule has 1 amide bonds. The maximum Gasteiger partial charge on any atom is 0.305 e. The molecule has 0 unspecified atom stereocenters. The fourth-order valence-electron chi connectivity index (χ4n) is 4.35. The molecule has 1 aromatic rings. The van der Waals surface area contributed by atoms with E-state index in [0.29, 0.717) is 18.3 Å². The molecule has 0 spiro atoms. The van der Waals surface area contributed by atoms with E-state index in [1.165, 1.54) is 25.5 Å². The number of carbonyl (C=O) groups excluding carboxylic acids is 2. The van der Waals surface area contributed by atoms with Crippen LogP contribution in [0.1, 0.15) is 73.2 Å². The zero-order valence-electron chi connectivity index (χ0n) is 16.7. The summed E-state index contributed by atoms with van der Waals surface area (Å²) in [7, 11) is 1.44. The van der Waals surface area contributed by atoms with E-state index in [1.54, 1.807) is 0 Å². The first-order valence-electron chi connectivity index (χ1n) is 10.3. The molecule has 2 fully saturated rings. The molecule has 1 aliphatic heterocycles. The molecule has 3 rings (SSSR count). The van der Waals surface area contributed by atoms with Gasteiger partial charge in [0.1, 0.15) is 0 Å². The van der Waals surface area contributed by atoms with Gasteiger partial charge in [-0.2, -0.15) is 0 Å². The molecule has 5 nitrogen and oxygen atoms in total. The minimum atomic E-state index is -0.127. The summed E-state index contributed by atoms with van der Waals surface area (Å²) in [6.45, 7) is 2.16. The second kappa shape index (κ2) is 11.4. The SMILES string of the molecule is COC(=O)CC[C@H]1CC[C@H](NC(=O)c2ccc(C3CCNCC3)cc2)CC1.Cl. The van der Waals surface area contributed by atoms with Gasteiger partial charge in [-0.15, -0.1) is 12.4 Å². The molecule has 1 saturated heterocycles. The number of amides is 1. The van der Waals surface area contributed by atoms with Gasteiger partial charge in [-0.25, -0.2) is 0 Å². The van der Waals surface area contributed by atoms with Crippen LogP contribution in [0.25, 0.3) is 0 Å². The van der Waals surface area contributed by atoms with Crippen LogP contribution in [0, 0.1) is 5.92 Å². The van der Waals surface area contributed by atoms with E-state index in [-0.39, 0.29) is 30.3 Å². The fraction of sp³-hybridized carbons (Fsp3) is 0.636. The number of esters is 1. The Hall–Kier alpha value is -1.59. The lowest BCUT2D eigenvalue weighted by Crippen LogP contribution is -2.37. The Bertz CT molecular complexity index is 621. The highest BCUT2D eigenvalue weighted by Gasteiger charge is 2.23. The van der Waals surface area contributed by atoms with E-state index >= 15 is 0 Å². The van der Waals surface area contributed by atoms with Crippen molar-refractivity contribution in [2.45, 2.75) is 63.3 Å². The van der Waals surface area contributed by atoms with Crippen LogP contribution in [0.2, 0.25) is 0 Å². The van der Waals surface area contributed by atoms with Crippen LogP contribution in [0.4, 0.5) is 0 Å². The number of methoxy groups -OCH3 is 1. The van der Waals surface area contributed by atoms with Crippen LogP contribution in [-0.4, -0.2) is 38.1 Å². The Balaban J connectivity index is 0.00000280. The summed E-state index contributed by atoms with van der Waals surface area (Å²) < 4.78 is 4.71. The van der Waals surface area contributed by atoms with Gasteiger partial charge in [0.25, 0.3) is 5.91 Å². The van der Waals surface area contributed by atoms with Gasteiger partial charge in [-0.3, -0.25) is 9.59 Å². The van der Waals surface area contributed by atoms with Gasteiger partial charge >= 0.3 is 5.97 Å². The van der Waals surface area contributed by atoms with Crippen LogP contribution < -0.4 is 10.6 Å². The Morgan fingerprint density at radius 1 is 1.04 bits per heavy atom. The van der Waals surface area contributed by atoms with Gasteiger partial charge in [0.15, 0.2) is 0 Å². The molecule has 156 valence electrons. The standard InChI is InChI=1S/C22H32N2O3.ClH/c1-27-21(25)11-4-16-2-9-20(10-3-16)24-22(26)19-7-5-17(6-8-19)18-12-14-23-15-13-18;/h5-8,16,18,20,23H,2-4,9-15H2,1H3,(H,24,26);1H/t16-,20-;. The lowest BCUT2D eigenvalue weighted by Gasteiger charge is -2.29. The maximum atomic E-state index is 12.6. The largest absolute Gasteiger partial charge is 0.469 e. The number of rotatable bonds is 6. The molecule has 0 radical (unpaired) electrons. The molecule has 28 heavy (non-hydrogen) atoms. The van der Waals surface area contributed by atoms with E-state index < -0.39 is 0 Å². The van der Waals surface area contributed by atoms with Gasteiger partial charge in [0.05, 0.1) is 7.11 Å². The zero-order valence-corrected chi connectivity index (χ0v) is 17.6. The van der Waals surface area contributed by atoms with Crippen molar-refractivity contribution in [1.29, 1.82) is 0 Å². The van der Waals surface area contributed by atoms with Crippen molar-refractivity contribution in [1.82, 2.24) is 10.6 Å². The highest BCUT2D eigenvalue weighted by atomic mass is 35.5. The fourth-order valence-corrected chi connectivity index (χ4v) is 4.35. The molecular weight excluding hydrogens is 376 g/mol. The van der Waals surface area contributed by atoms with Crippen LogP contribution >= 0.6 is 12.4 Å². The lowest BCUT2D eigenvalue weighted by atomic mass is 9.83. The Morgan fingerprint density at radius 2 is 1.68 bits per heavy atom. The van der Waals surface area contributed by atoms with Crippen molar-refractivity contribution in [3.8, 4) is 0 Å². The Kier molecular flexibility index (Phi) is 9.26. The van der Waals surface area contributed by atoms with Gasteiger partial charge in [0.2, 0.25) is 0 Å². The van der Waals surface area contributed by atoms with Crippen molar-refractivity contribution in [2.24, 2.45) is 5.92 Å². The van der Waals surface area contributed by atoms with E-state index in [2.05, 4.69) is 22.8 Å². The molecule has 1 aromatic carbocycles. The third kappa shape index (κ3) is 6.49. The van der Waals surface area contributed by atoms with Gasteiger partial charge in [-0.1, -0.05) is 12.1 Å². The molecule has 1 heterocycles. The topological polar surface area (TPSA) is 67.4 Å². The van der Waals surface area contributed by atoms with Crippen LogP contribution in [0.3, 0.4) is 0 Å². The van der Waals surface area contributed by atoms with Gasteiger partial charge < -0.3 is 15.4 Å². The number of nitrogens with one attached hydrogen (secondary N) is 2. The molecule has 1 saturated carbocycles. The summed E-state index contributed by atoms with van der Waals surface area (Å²) in [4.78, 5) is 23.8. The third-order valence-corrected chi connectivity index (χ3v) is 6.15. The average Bonchev–Trinajstić information content (AvgIpc) is 2.73. The van der Waals surface area contributed by atoms with Crippen molar-refractivity contribution in [3.63, 3.8) is 0 Å². The summed E-state index contributed by atoms with van der Waals surface area (Å²) >= 11 is 0. The minimum absolute atomic E-state index is 0. The Morgan fingerprint density at radius 3 is 2.29 bits per heavy atom. The third-order valence-electron chi connectivity index (χ3n) is 6.15. The predicted molar refractivity (Wildman–Crippen MR) is 113 cm³/mol. The monoisotopic (exact) mass is 408 g/mol. The summed E-state index contributed by atoms with van der Waals surface area (Å²) in [5.74, 6) is 1.09. The maximum absolute atomic E-state index is 12.6. The number of hydrogen-bond donors (Lipinski definition) is 2. The highest BCUT2D eigenvalue weighted by molar-refractivity contribution is 5.94. The van der Waals surface area contributed by atoms with E-state index in [4.69, 9.17) is 4.74 Å². The summed E-state index contributed by atoms with van der Waals surface area (Å²) in [6.07, 6.45) is 7.85. The number of benzene rings is 1. The van der Waals surface area contributed by atoms with Gasteiger partial charge in [-0.05, 0) is 87.6 Å². The number of ether oxygens (including phenoxy) is 1. The Labute approximate surface area is 174 Å². The van der Waals surface area contributed by atoms with Crippen LogP contribution in [0.5, 0.6) is 0 Å². The smallest absolute Gasteiger partial charge is 0.305 e. The highest BCUT2D eigenvalue weighted by Crippen LogP contribution is 2.28. The van der Waals surface area contributed by atoms with Gasteiger partial charge in [0, 0.05) is 18.0 Å². The second-order valence-corrected chi connectivity index (χ2v) is 7.95. The summed E-state index contributed by atoms with van der Waals surface area (Å²) in [6, 6.07) is 8.42. The van der Waals surface area contributed by atoms with Crippen molar-refractivity contribution in [3.05, 3.63) is 35.4 Å². The first-order valence-corrected chi connectivity index (χ1v) is 10.3. The molecule has 1 aliphatic carbocycles. The predicted octanol–water partition coefficient (Wildman–Crippen LogP) is 3.82. The number of hydrogen-bond acceptors (Lipinski definition) is 4. The van der Waals surface area contributed by atoms with Crippen molar-refractivity contribution >= 4 is 24.3 Å². The second-order valence-electron chi connectivity index (χ2n) is 7.95. The van der Waals surface area contributed by atoms with Crippen LogP contribution in [-0.2, 0) is 9.53 Å². The van der Waals surface area contributed by atoms with Crippen molar-refractivity contribution in [2.75, 3.05) is 20.2 Å². The van der Waals surface area contributed by atoms with E-state index in [1.807, 2.05) is 12.1 Å². The molecule has 0 aromatic heterocycles. The molecule has 2 aliphatic rings. The average molecular weight is 409 g/mol. The lowest BCUT2D eigenvalue weighted by molar-refractivity contribution is -0.141. The number of carbonyl (C=O) groups is 2. The number of piperidine rings is 1. The van der Waals surface area contributed by atoms with Crippen LogP contribution in [0.15, 0.2) is 24.3 Å². The van der Waals surface area contributed by atoms with Crippen molar-refractivity contribution < 1.29 is 14.3 Å². The minimum Gasteiger partial charge on any atom is -0.469 e. The quantitative estimate of drug-likeness (QED) is 0.702. The molecule has 6 heteroatoms. The molecule has 0 atom stereocenters. The normalized spacial score (nSPS) is 22.8. The number of halogens is 1. The van der Waals surface area contributed by atoms with E-state index in [0.717, 1.165) is 50.8 Å². The molecular formula is C22H33ClN2O3. The zero-order chi connectivity index (χ0) is 19.1. The summed E-state index contributed by atoms with van der Waals surface area (Å²) in [5.41, 5.74) is 2.10. The molecule has 2 N–H and O–H groups in total. The first-order chi connectivity index (χ1) is 13.2. The first kappa shape index (κ1) is 22.7. The molecule has 0 bridgehead atoms. The summed E-state index contributed by atoms with van der Waals surface area (Å²) in [5, 5.41) is 6.58. The van der Waals surface area contributed by atoms with E-state index in [9.17, 15) is 9.59 Å².